The van der Waals surface area contributed by atoms with Crippen LogP contribution in [0, 0.1) is 5.92 Å². The number of hydrogen-bond acceptors (Lipinski definition) is 5. The third-order valence-electron chi connectivity index (χ3n) is 4.89. The topological polar surface area (TPSA) is 71.1 Å². The number of benzene rings is 2. The number of nitrogens with one attached hydrogen (secondary N) is 1. The summed E-state index contributed by atoms with van der Waals surface area (Å²) in [5.41, 5.74) is 0.630. The van der Waals surface area contributed by atoms with Gasteiger partial charge in [0.1, 0.15) is 5.75 Å². The van der Waals surface area contributed by atoms with Gasteiger partial charge < -0.3 is 19.7 Å². The van der Waals surface area contributed by atoms with Crippen molar-refractivity contribution in [2.45, 2.75) is 20.3 Å². The van der Waals surface area contributed by atoms with Crippen LogP contribution in [0.3, 0.4) is 0 Å². The zero-order valence-electron chi connectivity index (χ0n) is 18.3. The lowest BCUT2D eigenvalue weighted by molar-refractivity contribution is -0.117. The molecule has 0 atom stereocenters. The first-order valence-electron chi connectivity index (χ1n) is 10.8. The predicted molar refractivity (Wildman–Crippen MR) is 120 cm³/mol. The highest BCUT2D eigenvalue weighted by molar-refractivity contribution is 5.93. The highest BCUT2D eigenvalue weighted by Gasteiger charge is 2.22. The Labute approximate surface area is 183 Å². The smallest absolute Gasteiger partial charge is 0.409 e. The Bertz CT molecular complexity index is 857. The van der Waals surface area contributed by atoms with Crippen LogP contribution in [-0.4, -0.2) is 61.1 Å². The standard InChI is InChI=1S/C24H31N3O4/c1-19(2)18-30-24(29)27-14-8-13-26(15-16-27)17-23(28)25-21-11-6-7-12-22(21)31-20-9-4-3-5-10-20/h3-7,9-12,19H,8,13-18H2,1-2H3,(H,25,28). The largest absolute Gasteiger partial charge is 0.455 e. The molecule has 1 heterocycles. The van der Waals surface area contributed by atoms with Crippen molar-refractivity contribution in [1.29, 1.82) is 0 Å². The summed E-state index contributed by atoms with van der Waals surface area (Å²) in [6, 6.07) is 16.8. The van der Waals surface area contributed by atoms with Crippen molar-refractivity contribution in [1.82, 2.24) is 9.80 Å². The summed E-state index contributed by atoms with van der Waals surface area (Å²) >= 11 is 0. The Hall–Kier alpha value is -3.06. The Morgan fingerprint density at radius 2 is 1.71 bits per heavy atom. The lowest BCUT2D eigenvalue weighted by Gasteiger charge is -2.22. The first kappa shape index (κ1) is 22.6. The molecule has 2 aromatic carbocycles. The number of nitrogens with zero attached hydrogens (tertiary/aromatic N) is 2. The molecule has 1 N–H and O–H groups in total. The summed E-state index contributed by atoms with van der Waals surface area (Å²) in [5.74, 6) is 1.50. The van der Waals surface area contributed by atoms with Gasteiger partial charge in [0.05, 0.1) is 18.8 Å². The molecule has 1 fully saturated rings. The molecule has 7 nitrogen and oxygen atoms in total. The molecule has 1 aliphatic rings. The summed E-state index contributed by atoms with van der Waals surface area (Å²) in [7, 11) is 0. The van der Waals surface area contributed by atoms with Gasteiger partial charge in [-0.3, -0.25) is 9.69 Å². The van der Waals surface area contributed by atoms with Crippen LogP contribution in [-0.2, 0) is 9.53 Å². The molecule has 166 valence electrons. The summed E-state index contributed by atoms with van der Waals surface area (Å²) in [6.07, 6.45) is 0.532. The van der Waals surface area contributed by atoms with Crippen molar-refractivity contribution >= 4 is 17.7 Å². The van der Waals surface area contributed by atoms with E-state index in [2.05, 4.69) is 10.2 Å². The monoisotopic (exact) mass is 425 g/mol. The van der Waals surface area contributed by atoms with Gasteiger partial charge >= 0.3 is 6.09 Å². The summed E-state index contributed by atoms with van der Waals surface area (Å²) in [5, 5.41) is 2.95. The molecule has 0 radical (unpaired) electrons. The molecule has 2 amide bonds. The number of anilines is 1. The van der Waals surface area contributed by atoms with Crippen molar-refractivity contribution in [3.05, 3.63) is 54.6 Å². The van der Waals surface area contributed by atoms with E-state index in [4.69, 9.17) is 9.47 Å². The van der Waals surface area contributed by atoms with E-state index < -0.39 is 0 Å². The zero-order chi connectivity index (χ0) is 22.1. The molecule has 2 aromatic rings. The van der Waals surface area contributed by atoms with Crippen molar-refractivity contribution in [2.75, 3.05) is 44.6 Å². The fourth-order valence-corrected chi connectivity index (χ4v) is 3.31. The van der Waals surface area contributed by atoms with Crippen molar-refractivity contribution in [3.8, 4) is 11.5 Å². The average Bonchev–Trinajstić information content (AvgIpc) is 3.00. The molecule has 0 spiro atoms. The quantitative estimate of drug-likeness (QED) is 0.719. The van der Waals surface area contributed by atoms with Crippen LogP contribution >= 0.6 is 0 Å². The van der Waals surface area contributed by atoms with Crippen molar-refractivity contribution < 1.29 is 19.1 Å². The van der Waals surface area contributed by atoms with Crippen molar-refractivity contribution in [2.24, 2.45) is 5.92 Å². The van der Waals surface area contributed by atoms with Gasteiger partial charge in [0.15, 0.2) is 5.75 Å². The maximum absolute atomic E-state index is 12.7. The Morgan fingerprint density at radius 3 is 2.48 bits per heavy atom. The van der Waals surface area contributed by atoms with E-state index in [1.807, 2.05) is 68.4 Å². The normalized spacial score (nSPS) is 14.7. The lowest BCUT2D eigenvalue weighted by Crippen LogP contribution is -2.38. The fourth-order valence-electron chi connectivity index (χ4n) is 3.31. The molecule has 1 aliphatic heterocycles. The van der Waals surface area contributed by atoms with E-state index in [9.17, 15) is 9.59 Å². The third-order valence-corrected chi connectivity index (χ3v) is 4.89. The predicted octanol–water partition coefficient (Wildman–Crippen LogP) is 4.22. The SMILES string of the molecule is CC(C)COC(=O)N1CCCN(CC(=O)Nc2ccccc2Oc2ccccc2)CC1. The molecule has 0 bridgehead atoms. The molecular formula is C24H31N3O4. The van der Waals surface area contributed by atoms with Crippen LogP contribution in [0.5, 0.6) is 11.5 Å². The Kier molecular flexibility index (Phi) is 8.29. The molecule has 31 heavy (non-hydrogen) atoms. The minimum absolute atomic E-state index is 0.111. The van der Waals surface area contributed by atoms with Gasteiger partial charge in [-0.1, -0.05) is 44.2 Å². The number of para-hydroxylation sites is 3. The van der Waals surface area contributed by atoms with Gasteiger partial charge in [0, 0.05) is 26.2 Å². The number of carbonyl (C=O) groups is 2. The van der Waals surface area contributed by atoms with Gasteiger partial charge in [-0.05, 0) is 36.6 Å². The number of rotatable bonds is 7. The van der Waals surface area contributed by atoms with Gasteiger partial charge in [-0.15, -0.1) is 0 Å². The molecule has 0 unspecified atom stereocenters. The second-order valence-electron chi connectivity index (χ2n) is 8.05. The van der Waals surface area contributed by atoms with E-state index in [1.54, 1.807) is 4.90 Å². The van der Waals surface area contributed by atoms with Crippen LogP contribution in [0.2, 0.25) is 0 Å². The molecule has 0 aromatic heterocycles. The highest BCUT2D eigenvalue weighted by Crippen LogP contribution is 2.29. The van der Waals surface area contributed by atoms with Crippen LogP contribution in [0.15, 0.2) is 54.6 Å². The highest BCUT2D eigenvalue weighted by atomic mass is 16.6. The lowest BCUT2D eigenvalue weighted by atomic mass is 10.2. The number of carbonyl (C=O) groups excluding carboxylic acids is 2. The minimum atomic E-state index is -0.271. The maximum atomic E-state index is 12.7. The average molecular weight is 426 g/mol. The zero-order valence-corrected chi connectivity index (χ0v) is 18.3. The van der Waals surface area contributed by atoms with E-state index in [-0.39, 0.29) is 18.5 Å². The Balaban J connectivity index is 1.52. The van der Waals surface area contributed by atoms with Crippen LogP contribution in [0.25, 0.3) is 0 Å². The van der Waals surface area contributed by atoms with E-state index >= 15 is 0 Å². The van der Waals surface area contributed by atoms with Crippen LogP contribution in [0.4, 0.5) is 10.5 Å². The maximum Gasteiger partial charge on any atom is 0.409 e. The third kappa shape index (κ3) is 7.29. The minimum Gasteiger partial charge on any atom is -0.455 e. The molecule has 0 saturated carbocycles. The molecule has 3 rings (SSSR count). The van der Waals surface area contributed by atoms with Gasteiger partial charge in [-0.25, -0.2) is 4.79 Å². The molecular weight excluding hydrogens is 394 g/mol. The summed E-state index contributed by atoms with van der Waals surface area (Å²) in [4.78, 5) is 28.7. The van der Waals surface area contributed by atoms with Crippen LogP contribution in [0.1, 0.15) is 20.3 Å². The first-order valence-corrected chi connectivity index (χ1v) is 10.8. The molecule has 0 aliphatic carbocycles. The Morgan fingerprint density at radius 1 is 0.968 bits per heavy atom. The molecule has 1 saturated heterocycles. The molecule has 7 heteroatoms. The second kappa shape index (κ2) is 11.4. The van der Waals surface area contributed by atoms with E-state index in [1.165, 1.54) is 0 Å². The number of amides is 2. The summed E-state index contributed by atoms with van der Waals surface area (Å²) in [6.45, 7) is 7.29. The van der Waals surface area contributed by atoms with Crippen LogP contribution < -0.4 is 10.1 Å². The summed E-state index contributed by atoms with van der Waals surface area (Å²) < 4.78 is 11.2. The number of hydrogen-bond donors (Lipinski definition) is 1. The fraction of sp³-hybridized carbons (Fsp3) is 0.417. The van der Waals surface area contributed by atoms with Gasteiger partial charge in [0.25, 0.3) is 0 Å². The van der Waals surface area contributed by atoms with Gasteiger partial charge in [0.2, 0.25) is 5.91 Å². The van der Waals surface area contributed by atoms with E-state index in [0.29, 0.717) is 49.3 Å². The number of ether oxygens (including phenoxy) is 2. The van der Waals surface area contributed by atoms with Crippen molar-refractivity contribution in [3.63, 3.8) is 0 Å². The first-order chi connectivity index (χ1) is 15.0. The van der Waals surface area contributed by atoms with E-state index in [0.717, 1.165) is 13.0 Å². The second-order valence-corrected chi connectivity index (χ2v) is 8.05. The van der Waals surface area contributed by atoms with Gasteiger partial charge in [-0.2, -0.15) is 0 Å².